The zero-order chi connectivity index (χ0) is 13.1. The van der Waals surface area contributed by atoms with Gasteiger partial charge in [-0.15, -0.1) is 0 Å². The van der Waals surface area contributed by atoms with Gasteiger partial charge in [-0.1, -0.05) is 24.3 Å². The Morgan fingerprint density at radius 2 is 1.67 bits per heavy atom. The standard InChI is InChI=1S/C14H13F2NO/c1-17(13-8-3-2-6-11(13)15)14-10(9-18)5-4-7-12(14)16/h2-8,18H,9H2,1H3. The number of hydrogen-bond acceptors (Lipinski definition) is 2. The van der Waals surface area contributed by atoms with E-state index in [0.717, 1.165) is 0 Å². The first kappa shape index (κ1) is 12.5. The van der Waals surface area contributed by atoms with Gasteiger partial charge in [0.15, 0.2) is 0 Å². The summed E-state index contributed by atoms with van der Waals surface area (Å²) in [6, 6.07) is 10.5. The van der Waals surface area contributed by atoms with E-state index < -0.39 is 11.6 Å². The van der Waals surface area contributed by atoms with Gasteiger partial charge >= 0.3 is 0 Å². The zero-order valence-electron chi connectivity index (χ0n) is 9.90. The van der Waals surface area contributed by atoms with Gasteiger partial charge in [0.2, 0.25) is 0 Å². The molecule has 0 aliphatic rings. The molecule has 0 bridgehead atoms. The Hall–Kier alpha value is -1.94. The van der Waals surface area contributed by atoms with Crippen LogP contribution in [0.4, 0.5) is 20.2 Å². The summed E-state index contributed by atoms with van der Waals surface area (Å²) in [5.74, 6) is -0.931. The number of rotatable bonds is 3. The molecule has 0 unspecified atom stereocenters. The van der Waals surface area contributed by atoms with Crippen molar-refractivity contribution in [2.45, 2.75) is 6.61 Å². The molecule has 4 heteroatoms. The molecule has 0 spiro atoms. The number of halogens is 2. The molecule has 2 nitrogen and oxygen atoms in total. The van der Waals surface area contributed by atoms with Crippen LogP contribution >= 0.6 is 0 Å². The molecule has 1 N–H and O–H groups in total. The lowest BCUT2D eigenvalue weighted by molar-refractivity contribution is 0.281. The molecular weight excluding hydrogens is 236 g/mol. The third-order valence-corrected chi connectivity index (χ3v) is 2.79. The lowest BCUT2D eigenvalue weighted by atomic mass is 10.1. The summed E-state index contributed by atoms with van der Waals surface area (Å²) in [5, 5.41) is 9.22. The summed E-state index contributed by atoms with van der Waals surface area (Å²) in [5.41, 5.74) is 0.864. The van der Waals surface area contributed by atoms with Crippen LogP contribution in [0.5, 0.6) is 0 Å². The number of para-hydroxylation sites is 2. The summed E-state index contributed by atoms with van der Waals surface area (Å²) >= 11 is 0. The van der Waals surface area contributed by atoms with E-state index in [4.69, 9.17) is 0 Å². The van der Waals surface area contributed by atoms with Crippen molar-refractivity contribution >= 4 is 11.4 Å². The maximum Gasteiger partial charge on any atom is 0.147 e. The van der Waals surface area contributed by atoms with Crippen molar-refractivity contribution in [1.29, 1.82) is 0 Å². The van der Waals surface area contributed by atoms with Crippen LogP contribution in [0, 0.1) is 11.6 Å². The SMILES string of the molecule is CN(c1ccccc1F)c1c(F)cccc1CO. The van der Waals surface area contributed by atoms with Gasteiger partial charge in [-0.25, -0.2) is 8.78 Å². The van der Waals surface area contributed by atoms with Crippen molar-refractivity contribution in [3.63, 3.8) is 0 Å². The Labute approximate surface area is 104 Å². The molecule has 0 aliphatic heterocycles. The summed E-state index contributed by atoms with van der Waals surface area (Å²) in [4.78, 5) is 1.40. The minimum absolute atomic E-state index is 0.185. The van der Waals surface area contributed by atoms with Crippen molar-refractivity contribution in [3.05, 3.63) is 59.7 Å². The number of aliphatic hydroxyl groups excluding tert-OH is 1. The molecule has 94 valence electrons. The van der Waals surface area contributed by atoms with Crippen LogP contribution in [-0.2, 0) is 6.61 Å². The Bertz CT molecular complexity index is 557. The van der Waals surface area contributed by atoms with E-state index in [9.17, 15) is 13.9 Å². The van der Waals surface area contributed by atoms with E-state index >= 15 is 0 Å². The maximum atomic E-state index is 13.8. The van der Waals surface area contributed by atoms with Gasteiger partial charge in [0.1, 0.15) is 11.6 Å². The van der Waals surface area contributed by atoms with Gasteiger partial charge in [-0.3, -0.25) is 0 Å². The highest BCUT2D eigenvalue weighted by Gasteiger charge is 2.16. The fourth-order valence-electron chi connectivity index (χ4n) is 1.91. The normalized spacial score (nSPS) is 10.4. The second kappa shape index (κ2) is 5.14. The minimum Gasteiger partial charge on any atom is -0.392 e. The van der Waals surface area contributed by atoms with Crippen molar-refractivity contribution in [2.24, 2.45) is 0 Å². The van der Waals surface area contributed by atoms with Crippen LogP contribution in [0.15, 0.2) is 42.5 Å². The van der Waals surface area contributed by atoms with Crippen molar-refractivity contribution in [1.82, 2.24) is 0 Å². The Balaban J connectivity index is 2.52. The third kappa shape index (κ3) is 2.19. The van der Waals surface area contributed by atoms with Crippen LogP contribution in [0.2, 0.25) is 0 Å². The third-order valence-electron chi connectivity index (χ3n) is 2.79. The second-order valence-electron chi connectivity index (χ2n) is 3.92. The second-order valence-corrected chi connectivity index (χ2v) is 3.92. The van der Waals surface area contributed by atoms with Crippen molar-refractivity contribution in [2.75, 3.05) is 11.9 Å². The minimum atomic E-state index is -0.493. The highest BCUT2D eigenvalue weighted by Crippen LogP contribution is 2.31. The molecular formula is C14H13F2NO. The number of hydrogen-bond donors (Lipinski definition) is 1. The number of benzene rings is 2. The van der Waals surface area contributed by atoms with Crippen LogP contribution in [0.1, 0.15) is 5.56 Å². The van der Waals surface area contributed by atoms with Crippen molar-refractivity contribution in [3.8, 4) is 0 Å². The monoisotopic (exact) mass is 249 g/mol. The van der Waals surface area contributed by atoms with Gasteiger partial charge in [0.05, 0.1) is 18.0 Å². The summed E-state index contributed by atoms with van der Waals surface area (Å²) in [7, 11) is 1.57. The first-order valence-corrected chi connectivity index (χ1v) is 5.51. The van der Waals surface area contributed by atoms with E-state index in [1.54, 1.807) is 31.3 Å². The lowest BCUT2D eigenvalue weighted by Crippen LogP contribution is -2.15. The van der Waals surface area contributed by atoms with Gasteiger partial charge in [0, 0.05) is 12.6 Å². The summed E-state index contributed by atoms with van der Waals surface area (Å²) < 4.78 is 27.5. The van der Waals surface area contributed by atoms with Crippen LogP contribution in [0.25, 0.3) is 0 Å². The fraction of sp³-hybridized carbons (Fsp3) is 0.143. The maximum absolute atomic E-state index is 13.8. The Morgan fingerprint density at radius 3 is 2.33 bits per heavy atom. The molecule has 0 radical (unpaired) electrons. The number of anilines is 2. The highest BCUT2D eigenvalue weighted by molar-refractivity contribution is 5.66. The van der Waals surface area contributed by atoms with Crippen molar-refractivity contribution < 1.29 is 13.9 Å². The summed E-state index contributed by atoms with van der Waals surface area (Å²) in [6.45, 7) is -0.300. The largest absolute Gasteiger partial charge is 0.392 e. The topological polar surface area (TPSA) is 23.5 Å². The van der Waals surface area contributed by atoms with Crippen LogP contribution in [0.3, 0.4) is 0 Å². The predicted molar refractivity (Wildman–Crippen MR) is 66.8 cm³/mol. The average Bonchev–Trinajstić information content (AvgIpc) is 2.38. The zero-order valence-corrected chi connectivity index (χ0v) is 9.90. The first-order valence-electron chi connectivity index (χ1n) is 5.51. The quantitative estimate of drug-likeness (QED) is 0.902. The average molecular weight is 249 g/mol. The molecule has 18 heavy (non-hydrogen) atoms. The van der Waals surface area contributed by atoms with E-state index in [-0.39, 0.29) is 18.0 Å². The molecule has 2 aromatic rings. The summed E-state index contributed by atoms with van der Waals surface area (Å²) in [6.07, 6.45) is 0. The van der Waals surface area contributed by atoms with Gasteiger partial charge in [-0.2, -0.15) is 0 Å². The molecule has 0 fully saturated rings. The molecule has 0 heterocycles. The van der Waals surface area contributed by atoms with Crippen LogP contribution in [-0.4, -0.2) is 12.2 Å². The first-order chi connectivity index (χ1) is 8.65. The fourth-order valence-corrected chi connectivity index (χ4v) is 1.91. The molecule has 0 amide bonds. The van der Waals surface area contributed by atoms with E-state index in [1.807, 2.05) is 0 Å². The molecule has 0 aromatic heterocycles. The predicted octanol–water partition coefficient (Wildman–Crippen LogP) is 3.23. The molecule has 0 atom stereocenters. The molecule has 0 saturated heterocycles. The number of aliphatic hydroxyl groups is 1. The van der Waals surface area contributed by atoms with Gasteiger partial charge in [0.25, 0.3) is 0 Å². The molecule has 0 saturated carbocycles. The highest BCUT2D eigenvalue weighted by atomic mass is 19.1. The van der Waals surface area contributed by atoms with E-state index in [1.165, 1.54) is 23.1 Å². The van der Waals surface area contributed by atoms with E-state index in [2.05, 4.69) is 0 Å². The molecule has 2 rings (SSSR count). The van der Waals surface area contributed by atoms with Crippen LogP contribution < -0.4 is 4.90 Å². The number of nitrogens with zero attached hydrogens (tertiary/aromatic N) is 1. The Morgan fingerprint density at radius 1 is 1.00 bits per heavy atom. The van der Waals surface area contributed by atoms with E-state index in [0.29, 0.717) is 5.56 Å². The van der Waals surface area contributed by atoms with Gasteiger partial charge < -0.3 is 10.0 Å². The molecule has 2 aromatic carbocycles. The van der Waals surface area contributed by atoms with Gasteiger partial charge in [-0.05, 0) is 18.2 Å². The lowest BCUT2D eigenvalue weighted by Gasteiger charge is -2.23. The smallest absolute Gasteiger partial charge is 0.147 e. The molecule has 0 aliphatic carbocycles. The Kier molecular flexibility index (Phi) is 3.58.